The van der Waals surface area contributed by atoms with E-state index in [0.717, 1.165) is 12.1 Å². The van der Waals surface area contributed by atoms with Crippen LogP contribution in [0.15, 0.2) is 30.3 Å². The number of nitrogens with one attached hydrogen (secondary N) is 1. The monoisotopic (exact) mass is 259 g/mol. The number of rotatable bonds is 4. The Morgan fingerprint density at radius 3 is 2.37 bits per heavy atom. The highest BCUT2D eigenvalue weighted by Gasteiger charge is 2.28. The number of piperidine rings is 1. The summed E-state index contributed by atoms with van der Waals surface area (Å²) in [6.45, 7) is 5.44. The molecule has 1 unspecified atom stereocenters. The molecule has 0 aromatic heterocycles. The topological polar surface area (TPSA) is 53.1 Å². The molecule has 0 bridgehead atoms. The third-order valence-electron chi connectivity index (χ3n) is 4.35. The lowest BCUT2D eigenvalue weighted by molar-refractivity contribution is 0.102. The molecule has 104 valence electrons. The van der Waals surface area contributed by atoms with Crippen molar-refractivity contribution in [3.05, 3.63) is 35.9 Å². The maximum atomic E-state index is 7.89. The van der Waals surface area contributed by atoms with Crippen LogP contribution in [-0.4, -0.2) is 29.4 Å². The Morgan fingerprint density at radius 1 is 1.26 bits per heavy atom. The molecule has 2 rings (SSSR count). The van der Waals surface area contributed by atoms with Gasteiger partial charge in [-0.25, -0.2) is 0 Å². The zero-order valence-electron chi connectivity index (χ0n) is 12.0. The summed E-state index contributed by atoms with van der Waals surface area (Å²) in [5.74, 6) is 0.292. The summed E-state index contributed by atoms with van der Waals surface area (Å²) in [4.78, 5) is 2.52. The molecule has 19 heavy (non-hydrogen) atoms. The van der Waals surface area contributed by atoms with E-state index in [1.165, 1.54) is 19.3 Å². The third-order valence-corrected chi connectivity index (χ3v) is 4.35. The Hall–Kier alpha value is -1.35. The summed E-state index contributed by atoms with van der Waals surface area (Å²) in [7, 11) is 0. The fourth-order valence-electron chi connectivity index (χ4n) is 3.11. The number of likely N-dealkylation sites (tertiary alicyclic amines) is 1. The predicted molar refractivity (Wildman–Crippen MR) is 80.6 cm³/mol. The van der Waals surface area contributed by atoms with Gasteiger partial charge in [0.15, 0.2) is 0 Å². The summed E-state index contributed by atoms with van der Waals surface area (Å²) in [5.41, 5.74) is 6.99. The van der Waals surface area contributed by atoms with Crippen molar-refractivity contribution in [2.75, 3.05) is 6.54 Å². The first kappa shape index (κ1) is 14.1. The number of nitrogens with zero attached hydrogens (tertiary/aromatic N) is 1. The van der Waals surface area contributed by atoms with Gasteiger partial charge in [-0.3, -0.25) is 10.3 Å². The molecule has 3 N–H and O–H groups in total. The second-order valence-electron chi connectivity index (χ2n) is 5.74. The van der Waals surface area contributed by atoms with E-state index in [4.69, 9.17) is 11.1 Å². The number of hydrogen-bond donors (Lipinski definition) is 2. The lowest BCUT2D eigenvalue weighted by Gasteiger charge is -2.40. The molecule has 1 aliphatic heterocycles. The van der Waals surface area contributed by atoms with Crippen LogP contribution in [0.4, 0.5) is 0 Å². The molecule has 1 fully saturated rings. The van der Waals surface area contributed by atoms with Crippen LogP contribution in [0.1, 0.15) is 44.6 Å². The van der Waals surface area contributed by atoms with E-state index >= 15 is 0 Å². The first-order valence-corrected chi connectivity index (χ1v) is 7.24. The Bertz CT molecular complexity index is 405. The Labute approximate surface area is 116 Å². The average Bonchev–Trinajstić information content (AvgIpc) is 2.39. The van der Waals surface area contributed by atoms with Gasteiger partial charge >= 0.3 is 0 Å². The molecular weight excluding hydrogens is 234 g/mol. The van der Waals surface area contributed by atoms with Crippen molar-refractivity contribution in [2.45, 2.75) is 51.1 Å². The largest absolute Gasteiger partial charge is 0.387 e. The van der Waals surface area contributed by atoms with E-state index in [9.17, 15) is 0 Å². The molecule has 0 saturated carbocycles. The van der Waals surface area contributed by atoms with E-state index in [0.29, 0.717) is 12.1 Å². The van der Waals surface area contributed by atoms with Gasteiger partial charge in [0.2, 0.25) is 0 Å². The molecule has 1 aliphatic rings. The summed E-state index contributed by atoms with van der Waals surface area (Å²) in [5, 5.41) is 7.89. The maximum Gasteiger partial charge on any atom is 0.0995 e. The molecular formula is C16H25N3. The van der Waals surface area contributed by atoms with Crippen LogP contribution in [0.5, 0.6) is 0 Å². The van der Waals surface area contributed by atoms with Crippen molar-refractivity contribution in [1.82, 2.24) is 4.90 Å². The molecule has 1 aromatic rings. The van der Waals surface area contributed by atoms with Gasteiger partial charge in [0, 0.05) is 18.6 Å². The minimum absolute atomic E-state index is 0.0178. The van der Waals surface area contributed by atoms with Gasteiger partial charge in [-0.05, 0) is 32.3 Å². The van der Waals surface area contributed by atoms with E-state index < -0.39 is 0 Å². The minimum Gasteiger partial charge on any atom is -0.387 e. The van der Waals surface area contributed by atoms with Gasteiger partial charge < -0.3 is 5.73 Å². The summed E-state index contributed by atoms with van der Waals surface area (Å²) in [6, 6.07) is 11.4. The quantitative estimate of drug-likeness (QED) is 0.645. The van der Waals surface area contributed by atoms with E-state index in [1.807, 2.05) is 18.2 Å². The Balaban J connectivity index is 2.15. The molecule has 0 spiro atoms. The van der Waals surface area contributed by atoms with Crippen molar-refractivity contribution in [3.8, 4) is 0 Å². The maximum absolute atomic E-state index is 7.89. The zero-order chi connectivity index (χ0) is 13.8. The smallest absolute Gasteiger partial charge is 0.0995 e. The van der Waals surface area contributed by atoms with Gasteiger partial charge in [0.1, 0.15) is 0 Å². The summed E-state index contributed by atoms with van der Waals surface area (Å²) in [6.07, 6.45) is 3.82. The predicted octanol–water partition coefficient (Wildman–Crippen LogP) is 2.97. The highest BCUT2D eigenvalue weighted by atomic mass is 15.2. The van der Waals surface area contributed by atoms with Crippen LogP contribution in [0.25, 0.3) is 0 Å². The van der Waals surface area contributed by atoms with Crippen LogP contribution in [0.3, 0.4) is 0 Å². The lowest BCUT2D eigenvalue weighted by Crippen LogP contribution is -2.47. The van der Waals surface area contributed by atoms with Crippen molar-refractivity contribution in [2.24, 2.45) is 5.73 Å². The summed E-state index contributed by atoms with van der Waals surface area (Å²) < 4.78 is 0. The molecule has 3 atom stereocenters. The van der Waals surface area contributed by atoms with Crippen LogP contribution < -0.4 is 5.73 Å². The number of hydrogen-bond acceptors (Lipinski definition) is 2. The van der Waals surface area contributed by atoms with Gasteiger partial charge in [0.25, 0.3) is 0 Å². The molecule has 1 heterocycles. The van der Waals surface area contributed by atoms with Gasteiger partial charge in [-0.2, -0.15) is 0 Å². The normalized spacial score (nSPS) is 26.0. The van der Waals surface area contributed by atoms with Crippen LogP contribution >= 0.6 is 0 Å². The molecule has 1 saturated heterocycles. The van der Waals surface area contributed by atoms with Crippen molar-refractivity contribution in [3.63, 3.8) is 0 Å². The van der Waals surface area contributed by atoms with Crippen molar-refractivity contribution >= 4 is 5.84 Å². The molecule has 0 aliphatic carbocycles. The zero-order valence-corrected chi connectivity index (χ0v) is 12.0. The number of nitrogens with two attached hydrogens (primary N) is 1. The fraction of sp³-hybridized carbons (Fsp3) is 0.562. The second kappa shape index (κ2) is 6.20. The molecule has 1 aromatic carbocycles. The minimum atomic E-state index is 0.0178. The number of benzene rings is 1. The Kier molecular flexibility index (Phi) is 4.59. The van der Waals surface area contributed by atoms with Crippen LogP contribution in [0.2, 0.25) is 0 Å². The highest BCUT2D eigenvalue weighted by molar-refractivity contribution is 5.84. The average molecular weight is 259 g/mol. The van der Waals surface area contributed by atoms with Crippen LogP contribution in [-0.2, 0) is 0 Å². The SMILES string of the molecule is C[C@@H]1CCC[C@H](C)N1CC(C(=N)N)c1ccccc1. The fourth-order valence-corrected chi connectivity index (χ4v) is 3.11. The lowest BCUT2D eigenvalue weighted by atomic mass is 9.92. The Morgan fingerprint density at radius 2 is 1.84 bits per heavy atom. The van der Waals surface area contributed by atoms with Crippen LogP contribution in [0, 0.1) is 5.41 Å². The van der Waals surface area contributed by atoms with E-state index in [1.54, 1.807) is 0 Å². The third kappa shape index (κ3) is 3.35. The van der Waals surface area contributed by atoms with Crippen molar-refractivity contribution in [1.29, 1.82) is 5.41 Å². The van der Waals surface area contributed by atoms with Gasteiger partial charge in [-0.1, -0.05) is 36.8 Å². The van der Waals surface area contributed by atoms with E-state index in [2.05, 4.69) is 30.9 Å². The summed E-state index contributed by atoms with van der Waals surface area (Å²) >= 11 is 0. The standard InChI is InChI=1S/C16H25N3/c1-12-7-6-8-13(2)19(12)11-15(16(17)18)14-9-4-3-5-10-14/h3-5,9-10,12-13,15H,6-8,11H2,1-2H3,(H3,17,18)/t12-,13+,15?. The molecule has 3 nitrogen and oxygen atoms in total. The van der Waals surface area contributed by atoms with E-state index in [-0.39, 0.29) is 11.8 Å². The van der Waals surface area contributed by atoms with Gasteiger partial charge in [0.05, 0.1) is 11.8 Å². The first-order chi connectivity index (χ1) is 9.09. The molecule has 0 radical (unpaired) electrons. The first-order valence-electron chi connectivity index (χ1n) is 7.24. The van der Waals surface area contributed by atoms with Gasteiger partial charge in [-0.15, -0.1) is 0 Å². The van der Waals surface area contributed by atoms with Crippen molar-refractivity contribution < 1.29 is 0 Å². The molecule has 3 heteroatoms. The number of amidine groups is 1. The highest BCUT2D eigenvalue weighted by Crippen LogP contribution is 2.26. The molecule has 0 amide bonds. The second-order valence-corrected chi connectivity index (χ2v) is 5.74.